The Kier molecular flexibility index (Phi) is 4.14. The van der Waals surface area contributed by atoms with E-state index in [-0.39, 0.29) is 0 Å². The molecule has 0 aromatic heterocycles. The minimum absolute atomic E-state index is 1.04. The lowest BCUT2D eigenvalue weighted by Gasteiger charge is -2.23. The Labute approximate surface area is 97.4 Å². The molecular weight excluding hydrogens is 232 g/mol. The molecule has 0 rings (SSSR count). The molecule has 0 radical (unpaired) electrons. The number of carboxylic acid groups (broad SMARTS) is 1. The Morgan fingerprint density at radius 1 is 0.941 bits per heavy atom. The summed E-state index contributed by atoms with van der Waals surface area (Å²) in [5.41, 5.74) is -3.91. The summed E-state index contributed by atoms with van der Waals surface area (Å²) >= 11 is 0. The van der Waals surface area contributed by atoms with E-state index >= 15 is 0 Å². The second-order valence-electron chi connectivity index (χ2n) is 4.42. The third kappa shape index (κ3) is 3.95. The van der Waals surface area contributed by atoms with Crippen LogP contribution >= 0.6 is 0 Å². The smallest absolute Gasteiger partial charge is 0.378 e. The molecule has 0 fully saturated rings. The van der Waals surface area contributed by atoms with Gasteiger partial charge < -0.3 is 14.9 Å². The lowest BCUT2D eigenvalue weighted by Crippen LogP contribution is -2.46. The van der Waals surface area contributed by atoms with Crippen LogP contribution in [-0.2, 0) is 23.9 Å². The van der Waals surface area contributed by atoms with Crippen molar-refractivity contribution in [3.8, 4) is 0 Å². The highest BCUT2D eigenvalue weighted by atomic mass is 16.6. The Bertz CT molecular complexity index is 373. The number of carbonyl (C=O) groups is 4. The molecule has 0 amide bonds. The average molecular weight is 246 g/mol. The molecule has 0 heterocycles. The van der Waals surface area contributed by atoms with Gasteiger partial charge in [-0.15, -0.1) is 0 Å². The number of aliphatic hydroxyl groups is 1. The molecule has 0 unspecified atom stereocenters. The van der Waals surface area contributed by atoms with Crippen molar-refractivity contribution in [3.63, 3.8) is 0 Å². The van der Waals surface area contributed by atoms with Crippen molar-refractivity contribution in [1.29, 1.82) is 0 Å². The van der Waals surface area contributed by atoms with Crippen LogP contribution in [-0.4, -0.2) is 44.9 Å². The lowest BCUT2D eigenvalue weighted by molar-refractivity contribution is -0.175. The summed E-state index contributed by atoms with van der Waals surface area (Å²) in [6.07, 6.45) is 0. The van der Waals surface area contributed by atoms with Crippen LogP contribution in [0.4, 0.5) is 0 Å². The number of rotatable bonds is 5. The van der Waals surface area contributed by atoms with Gasteiger partial charge in [0.15, 0.2) is 5.60 Å². The summed E-state index contributed by atoms with van der Waals surface area (Å²) in [7, 11) is 0. The maximum Gasteiger partial charge on any atom is 0.378 e. The number of carbonyl (C=O) groups excluding carboxylic acids is 3. The summed E-state index contributed by atoms with van der Waals surface area (Å²) in [5.74, 6) is -5.87. The number of esters is 1. The Balaban J connectivity index is 4.87. The van der Waals surface area contributed by atoms with E-state index in [0.29, 0.717) is 0 Å². The quantitative estimate of drug-likeness (QED) is 0.486. The number of hydrogen-bond acceptors (Lipinski definition) is 6. The van der Waals surface area contributed by atoms with Crippen LogP contribution in [0.5, 0.6) is 0 Å². The molecule has 0 atom stereocenters. The van der Waals surface area contributed by atoms with E-state index < -0.39 is 34.7 Å². The Morgan fingerprint density at radius 3 is 1.65 bits per heavy atom. The van der Waals surface area contributed by atoms with Gasteiger partial charge in [-0.2, -0.15) is 0 Å². The van der Waals surface area contributed by atoms with Gasteiger partial charge in [0.05, 0.1) is 0 Å². The molecule has 96 valence electrons. The van der Waals surface area contributed by atoms with Gasteiger partial charge in [-0.1, -0.05) is 0 Å². The molecule has 0 aromatic rings. The highest BCUT2D eigenvalue weighted by molar-refractivity contribution is 6.39. The van der Waals surface area contributed by atoms with E-state index in [1.54, 1.807) is 0 Å². The molecule has 0 spiro atoms. The van der Waals surface area contributed by atoms with Crippen molar-refractivity contribution in [2.75, 3.05) is 0 Å². The van der Waals surface area contributed by atoms with E-state index in [4.69, 9.17) is 5.11 Å². The van der Waals surface area contributed by atoms with Gasteiger partial charge in [0.2, 0.25) is 0 Å². The van der Waals surface area contributed by atoms with Gasteiger partial charge in [0.1, 0.15) is 5.60 Å². The van der Waals surface area contributed by atoms with E-state index in [2.05, 4.69) is 4.74 Å². The molecule has 0 saturated heterocycles. The zero-order valence-electron chi connectivity index (χ0n) is 9.94. The van der Waals surface area contributed by atoms with E-state index in [9.17, 15) is 24.3 Å². The molecule has 0 saturated carbocycles. The molecule has 7 nitrogen and oxygen atoms in total. The largest absolute Gasteiger partial charge is 0.475 e. The molecular formula is C10H14O7. The normalized spacial score (nSPS) is 11.8. The number of carboxylic acids is 1. The van der Waals surface area contributed by atoms with Crippen LogP contribution in [0.15, 0.2) is 0 Å². The lowest BCUT2D eigenvalue weighted by atomic mass is 10.0. The second kappa shape index (κ2) is 4.62. The first-order valence-corrected chi connectivity index (χ1v) is 4.67. The van der Waals surface area contributed by atoms with Crippen molar-refractivity contribution in [2.45, 2.75) is 38.9 Å². The highest BCUT2D eigenvalue weighted by Gasteiger charge is 2.41. The second-order valence-corrected chi connectivity index (χ2v) is 4.42. The number of Topliss-reactive ketones (excluding diaryl/α,β-unsaturated/α-hetero) is 2. The predicted octanol–water partition coefficient (Wildman–Crippen LogP) is -0.698. The molecule has 2 N–H and O–H groups in total. The van der Waals surface area contributed by atoms with E-state index in [1.165, 1.54) is 0 Å². The van der Waals surface area contributed by atoms with E-state index in [0.717, 1.165) is 27.7 Å². The van der Waals surface area contributed by atoms with Crippen molar-refractivity contribution >= 4 is 23.5 Å². The summed E-state index contributed by atoms with van der Waals surface area (Å²) in [6.45, 7) is 4.23. The van der Waals surface area contributed by atoms with Crippen molar-refractivity contribution in [1.82, 2.24) is 0 Å². The first-order valence-electron chi connectivity index (χ1n) is 4.67. The van der Waals surface area contributed by atoms with Crippen LogP contribution in [0, 0.1) is 0 Å². The average Bonchev–Trinajstić information content (AvgIpc) is 2.12. The SMILES string of the molecule is CC(C)(O)C(=O)C(=O)OC(C)(C)C(=O)C(=O)O. The number of ketones is 2. The number of aliphatic carboxylic acids is 1. The molecule has 0 bridgehead atoms. The zero-order valence-corrected chi connectivity index (χ0v) is 9.94. The molecule has 0 aliphatic rings. The maximum absolute atomic E-state index is 11.3. The molecule has 7 heteroatoms. The predicted molar refractivity (Wildman–Crippen MR) is 54.1 cm³/mol. The molecule has 17 heavy (non-hydrogen) atoms. The highest BCUT2D eigenvalue weighted by Crippen LogP contribution is 2.14. The standard InChI is InChI=1S/C10H14O7/c1-9(2,16)6(12)8(15)17-10(3,4)5(11)7(13)14/h16H,1-4H3,(H,13,14). The minimum atomic E-state index is -1.97. The molecule has 0 aliphatic carbocycles. The minimum Gasteiger partial charge on any atom is -0.475 e. The molecule has 0 aliphatic heterocycles. The van der Waals surface area contributed by atoms with Gasteiger partial charge in [-0.05, 0) is 27.7 Å². The first-order chi connectivity index (χ1) is 7.39. The third-order valence-electron chi connectivity index (χ3n) is 1.83. The fraction of sp³-hybridized carbons (Fsp3) is 0.600. The summed E-state index contributed by atoms with van der Waals surface area (Å²) in [4.78, 5) is 44.0. The Hall–Kier alpha value is -1.76. The van der Waals surface area contributed by atoms with Crippen molar-refractivity contribution in [3.05, 3.63) is 0 Å². The van der Waals surface area contributed by atoms with Crippen LogP contribution in [0.25, 0.3) is 0 Å². The van der Waals surface area contributed by atoms with Gasteiger partial charge in [0.25, 0.3) is 11.6 Å². The van der Waals surface area contributed by atoms with Crippen molar-refractivity contribution < 1.29 is 34.1 Å². The number of ether oxygens (including phenoxy) is 1. The van der Waals surface area contributed by atoms with Crippen LogP contribution < -0.4 is 0 Å². The fourth-order valence-corrected chi connectivity index (χ4v) is 0.832. The third-order valence-corrected chi connectivity index (χ3v) is 1.83. The van der Waals surface area contributed by atoms with Crippen LogP contribution in [0.2, 0.25) is 0 Å². The number of hydrogen-bond donors (Lipinski definition) is 2. The Morgan fingerprint density at radius 2 is 1.35 bits per heavy atom. The van der Waals surface area contributed by atoms with Gasteiger partial charge in [-0.25, -0.2) is 9.59 Å². The summed E-state index contributed by atoms with van der Waals surface area (Å²) in [5, 5.41) is 17.7. The monoisotopic (exact) mass is 246 g/mol. The van der Waals surface area contributed by atoms with Crippen LogP contribution in [0.1, 0.15) is 27.7 Å². The fourth-order valence-electron chi connectivity index (χ4n) is 0.832. The van der Waals surface area contributed by atoms with Gasteiger partial charge in [-0.3, -0.25) is 9.59 Å². The molecule has 0 aromatic carbocycles. The topological polar surface area (TPSA) is 118 Å². The zero-order chi connectivity index (χ0) is 14.0. The van der Waals surface area contributed by atoms with Gasteiger partial charge in [0, 0.05) is 0 Å². The summed E-state index contributed by atoms with van der Waals surface area (Å²) in [6, 6.07) is 0. The first kappa shape index (κ1) is 15.2. The summed E-state index contributed by atoms with van der Waals surface area (Å²) < 4.78 is 4.47. The van der Waals surface area contributed by atoms with Crippen molar-refractivity contribution in [2.24, 2.45) is 0 Å². The van der Waals surface area contributed by atoms with E-state index in [1.807, 2.05) is 0 Å². The van der Waals surface area contributed by atoms with Gasteiger partial charge >= 0.3 is 11.9 Å². The maximum atomic E-state index is 11.3. The van der Waals surface area contributed by atoms with Crippen LogP contribution in [0.3, 0.4) is 0 Å².